The van der Waals surface area contributed by atoms with Crippen molar-refractivity contribution < 1.29 is 0 Å². The molecule has 1 aromatic carbocycles. The van der Waals surface area contributed by atoms with E-state index in [4.69, 9.17) is 0 Å². The maximum Gasteiger partial charge on any atom is 0.0746 e. The highest BCUT2D eigenvalue weighted by atomic mass is 15.0. The van der Waals surface area contributed by atoms with Crippen LogP contribution in [0, 0.1) is 0 Å². The van der Waals surface area contributed by atoms with Crippen LogP contribution in [0.3, 0.4) is 0 Å². The second-order valence-corrected chi connectivity index (χ2v) is 4.71. The number of aryl methyl sites for hydroxylation is 1. The first kappa shape index (κ1) is 11.9. The van der Waals surface area contributed by atoms with Crippen LogP contribution < -0.4 is 5.32 Å². The molecule has 1 N–H and O–H groups in total. The molecule has 2 aromatic heterocycles. The molecule has 2 heterocycles. The van der Waals surface area contributed by atoms with Crippen molar-refractivity contribution in [3.8, 4) is 0 Å². The maximum absolute atomic E-state index is 4.47. The summed E-state index contributed by atoms with van der Waals surface area (Å²) in [6, 6.07) is 14.6. The van der Waals surface area contributed by atoms with E-state index in [0.29, 0.717) is 0 Å². The van der Waals surface area contributed by atoms with Gasteiger partial charge in [0, 0.05) is 43.6 Å². The molecule has 0 amide bonds. The molecular formula is C16H17N3. The molecule has 0 aliphatic heterocycles. The SMILES string of the molecule is Cn1cccc1CNCc1cccc2cccnc12. The first-order valence-electron chi connectivity index (χ1n) is 6.48. The zero-order chi connectivity index (χ0) is 13.1. The molecular weight excluding hydrogens is 234 g/mol. The van der Waals surface area contributed by atoms with Crippen molar-refractivity contribution in [3.63, 3.8) is 0 Å². The lowest BCUT2D eigenvalue weighted by Gasteiger charge is -2.08. The van der Waals surface area contributed by atoms with E-state index in [-0.39, 0.29) is 0 Å². The van der Waals surface area contributed by atoms with Gasteiger partial charge in [0.1, 0.15) is 0 Å². The van der Waals surface area contributed by atoms with E-state index in [9.17, 15) is 0 Å². The minimum Gasteiger partial charge on any atom is -0.353 e. The summed E-state index contributed by atoms with van der Waals surface area (Å²) in [6.07, 6.45) is 3.92. The van der Waals surface area contributed by atoms with Gasteiger partial charge < -0.3 is 9.88 Å². The summed E-state index contributed by atoms with van der Waals surface area (Å²) in [5.41, 5.74) is 3.62. The van der Waals surface area contributed by atoms with Crippen molar-refractivity contribution in [1.29, 1.82) is 0 Å². The minimum absolute atomic E-state index is 0.833. The summed E-state index contributed by atoms with van der Waals surface area (Å²) < 4.78 is 2.13. The standard InChI is InChI=1S/C16H17N3/c1-19-10-4-8-15(19)12-17-11-14-6-2-5-13-7-3-9-18-16(13)14/h2-10,17H,11-12H2,1H3. The van der Waals surface area contributed by atoms with E-state index in [1.165, 1.54) is 16.6 Å². The number of para-hydroxylation sites is 1. The van der Waals surface area contributed by atoms with Crippen LogP contribution >= 0.6 is 0 Å². The highest BCUT2D eigenvalue weighted by molar-refractivity contribution is 5.81. The van der Waals surface area contributed by atoms with Crippen molar-refractivity contribution in [3.05, 3.63) is 66.1 Å². The third-order valence-electron chi connectivity index (χ3n) is 3.39. The predicted molar refractivity (Wildman–Crippen MR) is 77.7 cm³/mol. The van der Waals surface area contributed by atoms with Crippen LogP contribution in [0.5, 0.6) is 0 Å². The smallest absolute Gasteiger partial charge is 0.0746 e. The number of nitrogens with zero attached hydrogens (tertiary/aromatic N) is 2. The fourth-order valence-corrected chi connectivity index (χ4v) is 2.32. The minimum atomic E-state index is 0.833. The van der Waals surface area contributed by atoms with Crippen LogP contribution in [-0.4, -0.2) is 9.55 Å². The summed E-state index contributed by atoms with van der Waals surface area (Å²) >= 11 is 0. The number of hydrogen-bond donors (Lipinski definition) is 1. The van der Waals surface area contributed by atoms with Gasteiger partial charge in [-0.2, -0.15) is 0 Å². The van der Waals surface area contributed by atoms with Crippen LogP contribution in [0.1, 0.15) is 11.3 Å². The van der Waals surface area contributed by atoms with E-state index < -0.39 is 0 Å². The van der Waals surface area contributed by atoms with Crippen molar-refractivity contribution in [2.45, 2.75) is 13.1 Å². The second-order valence-electron chi connectivity index (χ2n) is 4.71. The second kappa shape index (κ2) is 5.24. The van der Waals surface area contributed by atoms with E-state index in [1.54, 1.807) is 0 Å². The molecule has 96 valence electrons. The molecule has 0 aliphatic rings. The molecule has 3 nitrogen and oxygen atoms in total. The molecule has 0 unspecified atom stereocenters. The summed E-state index contributed by atoms with van der Waals surface area (Å²) in [5, 5.41) is 4.67. The van der Waals surface area contributed by atoms with Crippen molar-refractivity contribution >= 4 is 10.9 Å². The van der Waals surface area contributed by atoms with Crippen molar-refractivity contribution in [2.24, 2.45) is 7.05 Å². The molecule has 3 heteroatoms. The average Bonchev–Trinajstić information content (AvgIpc) is 2.85. The average molecular weight is 251 g/mol. The van der Waals surface area contributed by atoms with Gasteiger partial charge >= 0.3 is 0 Å². The molecule has 19 heavy (non-hydrogen) atoms. The topological polar surface area (TPSA) is 29.9 Å². The van der Waals surface area contributed by atoms with E-state index in [1.807, 2.05) is 12.3 Å². The lowest BCUT2D eigenvalue weighted by Crippen LogP contribution is -2.15. The van der Waals surface area contributed by atoms with Crippen LogP contribution in [0.4, 0.5) is 0 Å². The summed E-state index contributed by atoms with van der Waals surface area (Å²) in [6.45, 7) is 1.70. The molecule has 0 radical (unpaired) electrons. The molecule has 0 saturated heterocycles. The van der Waals surface area contributed by atoms with Gasteiger partial charge in [-0.15, -0.1) is 0 Å². The van der Waals surface area contributed by atoms with Crippen LogP contribution in [-0.2, 0) is 20.1 Å². The number of benzene rings is 1. The van der Waals surface area contributed by atoms with Crippen molar-refractivity contribution in [2.75, 3.05) is 0 Å². The summed E-state index contributed by atoms with van der Waals surface area (Å²) in [5.74, 6) is 0. The van der Waals surface area contributed by atoms with Crippen LogP contribution in [0.15, 0.2) is 54.9 Å². The molecule has 0 bridgehead atoms. The van der Waals surface area contributed by atoms with E-state index in [2.05, 4.69) is 64.5 Å². The van der Waals surface area contributed by atoms with Gasteiger partial charge in [0.2, 0.25) is 0 Å². The molecule has 0 saturated carbocycles. The van der Waals surface area contributed by atoms with Crippen LogP contribution in [0.2, 0.25) is 0 Å². The number of nitrogens with one attached hydrogen (secondary N) is 1. The molecule has 0 spiro atoms. The largest absolute Gasteiger partial charge is 0.353 e. The molecule has 3 rings (SSSR count). The summed E-state index contributed by atoms with van der Waals surface area (Å²) in [4.78, 5) is 4.47. The Balaban J connectivity index is 1.74. The number of fused-ring (bicyclic) bond motifs is 1. The number of aromatic nitrogens is 2. The van der Waals surface area contributed by atoms with Gasteiger partial charge in [0.25, 0.3) is 0 Å². The van der Waals surface area contributed by atoms with Gasteiger partial charge in [0.05, 0.1) is 5.52 Å². The third kappa shape index (κ3) is 2.51. The molecule has 0 fully saturated rings. The van der Waals surface area contributed by atoms with Gasteiger partial charge in [-0.05, 0) is 23.8 Å². The Morgan fingerprint density at radius 1 is 1.05 bits per heavy atom. The molecule has 3 aromatic rings. The Morgan fingerprint density at radius 2 is 1.95 bits per heavy atom. The van der Waals surface area contributed by atoms with Gasteiger partial charge in [-0.25, -0.2) is 0 Å². The van der Waals surface area contributed by atoms with Crippen molar-refractivity contribution in [1.82, 2.24) is 14.9 Å². The fourth-order valence-electron chi connectivity index (χ4n) is 2.32. The maximum atomic E-state index is 4.47. The lowest BCUT2D eigenvalue weighted by atomic mass is 10.1. The Hall–Kier alpha value is -2.13. The lowest BCUT2D eigenvalue weighted by molar-refractivity contribution is 0.657. The quantitative estimate of drug-likeness (QED) is 0.772. The van der Waals surface area contributed by atoms with Gasteiger partial charge in [-0.1, -0.05) is 24.3 Å². The third-order valence-corrected chi connectivity index (χ3v) is 3.39. The predicted octanol–water partition coefficient (Wildman–Crippen LogP) is 2.86. The number of hydrogen-bond acceptors (Lipinski definition) is 2. The normalized spacial score (nSPS) is 11.0. The Labute approximate surface area is 112 Å². The number of pyridine rings is 1. The van der Waals surface area contributed by atoms with E-state index in [0.717, 1.165) is 18.6 Å². The van der Waals surface area contributed by atoms with Gasteiger partial charge in [-0.3, -0.25) is 4.98 Å². The Bertz CT molecular complexity index is 680. The van der Waals surface area contributed by atoms with Gasteiger partial charge in [0.15, 0.2) is 0 Å². The Morgan fingerprint density at radius 3 is 2.79 bits per heavy atom. The zero-order valence-electron chi connectivity index (χ0n) is 11.0. The molecule has 0 aliphatic carbocycles. The molecule has 0 atom stereocenters. The Kier molecular flexibility index (Phi) is 3.29. The fraction of sp³-hybridized carbons (Fsp3) is 0.188. The first-order chi connectivity index (χ1) is 9.34. The zero-order valence-corrected chi connectivity index (χ0v) is 11.0. The highest BCUT2D eigenvalue weighted by Gasteiger charge is 2.02. The monoisotopic (exact) mass is 251 g/mol. The van der Waals surface area contributed by atoms with E-state index >= 15 is 0 Å². The van der Waals surface area contributed by atoms with Crippen LogP contribution in [0.25, 0.3) is 10.9 Å². The number of rotatable bonds is 4. The summed E-state index contributed by atoms with van der Waals surface area (Å²) in [7, 11) is 2.07. The highest BCUT2D eigenvalue weighted by Crippen LogP contribution is 2.15. The first-order valence-corrected chi connectivity index (χ1v) is 6.48.